The van der Waals surface area contributed by atoms with Gasteiger partial charge in [-0.3, -0.25) is 9.59 Å². The molecule has 0 spiro atoms. The summed E-state index contributed by atoms with van der Waals surface area (Å²) in [5.41, 5.74) is 0.687. The van der Waals surface area contributed by atoms with Crippen molar-refractivity contribution in [2.75, 3.05) is 46.3 Å². The standard InChI is InChI=1S/C23H30FN5O3/c1-27-13-15-29(16-14-27)23(31)18-9-11-28(12-10-18)21(30)4-2-3-20-25-22(26-32-20)17-5-7-19(24)8-6-17/h5-8,18H,2-4,9-16H2,1H3. The Bertz CT molecular complexity index is 916. The lowest BCUT2D eigenvalue weighted by atomic mass is 9.94. The molecule has 0 saturated carbocycles. The summed E-state index contributed by atoms with van der Waals surface area (Å²) < 4.78 is 18.3. The van der Waals surface area contributed by atoms with Gasteiger partial charge in [-0.25, -0.2) is 4.39 Å². The topological polar surface area (TPSA) is 82.8 Å². The first-order chi connectivity index (χ1) is 15.5. The van der Waals surface area contributed by atoms with E-state index in [-0.39, 0.29) is 23.5 Å². The van der Waals surface area contributed by atoms with Crippen molar-refractivity contribution in [2.24, 2.45) is 5.92 Å². The maximum absolute atomic E-state index is 13.0. The fourth-order valence-corrected chi connectivity index (χ4v) is 4.28. The second kappa shape index (κ2) is 10.2. The molecule has 32 heavy (non-hydrogen) atoms. The second-order valence-corrected chi connectivity index (χ2v) is 8.66. The van der Waals surface area contributed by atoms with E-state index in [1.54, 1.807) is 12.1 Å². The van der Waals surface area contributed by atoms with E-state index in [0.29, 0.717) is 49.6 Å². The molecular formula is C23H30FN5O3. The molecule has 9 heteroatoms. The molecule has 1 aromatic heterocycles. The molecule has 2 aliphatic rings. The SMILES string of the molecule is CN1CCN(C(=O)C2CCN(C(=O)CCCc3nc(-c4ccc(F)cc4)no3)CC2)CC1. The molecule has 2 fully saturated rings. The van der Waals surface area contributed by atoms with Gasteiger partial charge in [0, 0.05) is 63.6 Å². The van der Waals surface area contributed by atoms with Gasteiger partial charge in [0.2, 0.25) is 23.5 Å². The normalized spacial score (nSPS) is 18.2. The van der Waals surface area contributed by atoms with Crippen LogP contribution in [0.25, 0.3) is 11.4 Å². The quantitative estimate of drug-likeness (QED) is 0.681. The summed E-state index contributed by atoms with van der Waals surface area (Å²) in [7, 11) is 2.08. The van der Waals surface area contributed by atoms with Gasteiger partial charge in [-0.15, -0.1) is 0 Å². The van der Waals surface area contributed by atoms with Crippen LogP contribution in [-0.4, -0.2) is 83.0 Å². The molecule has 0 atom stereocenters. The molecule has 0 aliphatic carbocycles. The third kappa shape index (κ3) is 5.51. The van der Waals surface area contributed by atoms with Crippen LogP contribution in [0.5, 0.6) is 0 Å². The van der Waals surface area contributed by atoms with Gasteiger partial charge in [-0.05, 0) is 50.6 Å². The average molecular weight is 444 g/mol. The molecule has 0 bridgehead atoms. The minimum Gasteiger partial charge on any atom is -0.343 e. The number of hydrogen-bond donors (Lipinski definition) is 0. The third-order valence-corrected chi connectivity index (χ3v) is 6.36. The predicted molar refractivity (Wildman–Crippen MR) is 116 cm³/mol. The van der Waals surface area contributed by atoms with Gasteiger partial charge in [0.05, 0.1) is 0 Å². The minimum absolute atomic E-state index is 0.0331. The Kier molecular flexibility index (Phi) is 7.14. The lowest BCUT2D eigenvalue weighted by Gasteiger charge is -2.37. The molecule has 172 valence electrons. The number of benzene rings is 1. The molecule has 0 radical (unpaired) electrons. The Morgan fingerprint density at radius 3 is 2.41 bits per heavy atom. The number of carbonyl (C=O) groups is 2. The number of amides is 2. The number of nitrogens with zero attached hydrogens (tertiary/aromatic N) is 5. The molecule has 4 rings (SSSR count). The van der Waals surface area contributed by atoms with Crippen molar-refractivity contribution in [3.05, 3.63) is 36.0 Å². The number of rotatable bonds is 6. The number of carbonyl (C=O) groups excluding carboxylic acids is 2. The number of likely N-dealkylation sites (tertiary alicyclic amines) is 1. The zero-order valence-corrected chi connectivity index (χ0v) is 18.5. The van der Waals surface area contributed by atoms with E-state index >= 15 is 0 Å². The van der Waals surface area contributed by atoms with E-state index in [4.69, 9.17) is 4.52 Å². The number of piperidine rings is 1. The zero-order chi connectivity index (χ0) is 22.5. The molecule has 2 aliphatic heterocycles. The molecule has 3 heterocycles. The molecular weight excluding hydrogens is 413 g/mol. The number of likely N-dealkylation sites (N-methyl/N-ethyl adjacent to an activating group) is 1. The first kappa shape index (κ1) is 22.4. The maximum Gasteiger partial charge on any atom is 0.226 e. The van der Waals surface area contributed by atoms with Crippen molar-refractivity contribution in [3.8, 4) is 11.4 Å². The van der Waals surface area contributed by atoms with Crippen molar-refractivity contribution in [1.82, 2.24) is 24.8 Å². The smallest absolute Gasteiger partial charge is 0.226 e. The van der Waals surface area contributed by atoms with Gasteiger partial charge >= 0.3 is 0 Å². The maximum atomic E-state index is 13.0. The van der Waals surface area contributed by atoms with Gasteiger partial charge in [-0.2, -0.15) is 4.98 Å². The van der Waals surface area contributed by atoms with E-state index in [1.807, 2.05) is 9.80 Å². The lowest BCUT2D eigenvalue weighted by Crippen LogP contribution is -2.51. The summed E-state index contributed by atoms with van der Waals surface area (Å²) in [6.45, 7) is 4.72. The third-order valence-electron chi connectivity index (χ3n) is 6.36. The highest BCUT2D eigenvalue weighted by atomic mass is 19.1. The predicted octanol–water partition coefficient (Wildman–Crippen LogP) is 2.21. The Balaban J connectivity index is 1.18. The molecule has 0 unspecified atom stereocenters. The molecule has 2 amide bonds. The Labute approximate surface area is 187 Å². The lowest BCUT2D eigenvalue weighted by molar-refractivity contribution is -0.142. The van der Waals surface area contributed by atoms with Crippen molar-refractivity contribution in [2.45, 2.75) is 32.1 Å². The fraction of sp³-hybridized carbons (Fsp3) is 0.565. The molecule has 2 saturated heterocycles. The van der Waals surface area contributed by atoms with Gasteiger partial charge < -0.3 is 19.2 Å². The van der Waals surface area contributed by atoms with Crippen molar-refractivity contribution in [1.29, 1.82) is 0 Å². The summed E-state index contributed by atoms with van der Waals surface area (Å²) in [5.74, 6) is 0.953. The van der Waals surface area contributed by atoms with Crippen LogP contribution in [0, 0.1) is 11.7 Å². The van der Waals surface area contributed by atoms with Crippen LogP contribution in [0.1, 0.15) is 31.6 Å². The van der Waals surface area contributed by atoms with E-state index in [0.717, 1.165) is 39.0 Å². The minimum atomic E-state index is -0.316. The highest BCUT2D eigenvalue weighted by Crippen LogP contribution is 2.22. The number of halogens is 1. The Morgan fingerprint density at radius 2 is 1.72 bits per heavy atom. The number of aryl methyl sites for hydroxylation is 1. The van der Waals surface area contributed by atoms with Gasteiger partial charge in [0.25, 0.3) is 0 Å². The van der Waals surface area contributed by atoms with E-state index in [9.17, 15) is 14.0 Å². The fourth-order valence-electron chi connectivity index (χ4n) is 4.28. The average Bonchev–Trinajstić information content (AvgIpc) is 3.28. The van der Waals surface area contributed by atoms with Gasteiger partial charge in [0.15, 0.2) is 0 Å². The van der Waals surface area contributed by atoms with Crippen LogP contribution < -0.4 is 0 Å². The Morgan fingerprint density at radius 1 is 1.03 bits per heavy atom. The number of aromatic nitrogens is 2. The first-order valence-corrected chi connectivity index (χ1v) is 11.3. The zero-order valence-electron chi connectivity index (χ0n) is 18.5. The molecule has 1 aromatic carbocycles. The summed E-state index contributed by atoms with van der Waals surface area (Å²) in [6.07, 6.45) is 3.01. The van der Waals surface area contributed by atoms with Crippen LogP contribution in [-0.2, 0) is 16.0 Å². The second-order valence-electron chi connectivity index (χ2n) is 8.66. The highest BCUT2D eigenvalue weighted by molar-refractivity contribution is 5.80. The summed E-state index contributed by atoms with van der Waals surface area (Å²) in [5, 5.41) is 3.93. The molecule has 8 nitrogen and oxygen atoms in total. The summed E-state index contributed by atoms with van der Waals surface area (Å²) in [4.78, 5) is 35.7. The Hall–Kier alpha value is -2.81. The van der Waals surface area contributed by atoms with Crippen LogP contribution in [0.15, 0.2) is 28.8 Å². The van der Waals surface area contributed by atoms with Gasteiger partial charge in [0.1, 0.15) is 5.82 Å². The molecule has 2 aromatic rings. The van der Waals surface area contributed by atoms with Crippen LogP contribution in [0.4, 0.5) is 4.39 Å². The first-order valence-electron chi connectivity index (χ1n) is 11.3. The molecule has 0 N–H and O–H groups in total. The van der Waals surface area contributed by atoms with Gasteiger partial charge in [-0.1, -0.05) is 5.16 Å². The van der Waals surface area contributed by atoms with Crippen molar-refractivity contribution < 1.29 is 18.5 Å². The van der Waals surface area contributed by atoms with Crippen molar-refractivity contribution >= 4 is 11.8 Å². The summed E-state index contributed by atoms with van der Waals surface area (Å²) in [6, 6.07) is 5.91. The largest absolute Gasteiger partial charge is 0.343 e. The van der Waals surface area contributed by atoms with E-state index in [1.165, 1.54) is 12.1 Å². The van der Waals surface area contributed by atoms with Crippen LogP contribution in [0.2, 0.25) is 0 Å². The number of piperazine rings is 1. The number of hydrogen-bond acceptors (Lipinski definition) is 6. The van der Waals surface area contributed by atoms with E-state index < -0.39 is 0 Å². The van der Waals surface area contributed by atoms with E-state index in [2.05, 4.69) is 22.1 Å². The van der Waals surface area contributed by atoms with Crippen molar-refractivity contribution in [3.63, 3.8) is 0 Å². The monoisotopic (exact) mass is 443 g/mol. The summed E-state index contributed by atoms with van der Waals surface area (Å²) >= 11 is 0. The highest BCUT2D eigenvalue weighted by Gasteiger charge is 2.31. The van der Waals surface area contributed by atoms with Crippen LogP contribution in [0.3, 0.4) is 0 Å². The van der Waals surface area contributed by atoms with Crippen LogP contribution >= 0.6 is 0 Å².